The number of nitriles is 1. The fourth-order valence-electron chi connectivity index (χ4n) is 1.25. The van der Waals surface area contributed by atoms with Gasteiger partial charge in [0.2, 0.25) is 5.91 Å². The first-order valence-electron chi connectivity index (χ1n) is 6.05. The molecule has 1 N–H and O–H groups in total. The van der Waals surface area contributed by atoms with E-state index in [4.69, 9.17) is 14.7 Å². The Hall–Kier alpha value is -1.12. The van der Waals surface area contributed by atoms with Crippen LogP contribution in [0.25, 0.3) is 0 Å². The van der Waals surface area contributed by atoms with Crippen LogP contribution in [0.1, 0.15) is 33.6 Å². The third-order valence-corrected chi connectivity index (χ3v) is 2.22. The molecule has 0 saturated carbocycles. The normalized spacial score (nSPS) is 13.8. The van der Waals surface area contributed by atoms with E-state index in [1.54, 1.807) is 6.92 Å². The maximum Gasteiger partial charge on any atom is 0.249 e. The smallest absolute Gasteiger partial charge is 0.249 e. The van der Waals surface area contributed by atoms with Crippen molar-refractivity contribution in [2.24, 2.45) is 0 Å². The molecule has 0 bridgehead atoms. The predicted octanol–water partition coefficient (Wildman–Crippen LogP) is 1.24. The molecule has 0 aromatic rings. The van der Waals surface area contributed by atoms with Crippen molar-refractivity contribution in [2.75, 3.05) is 19.8 Å². The number of nitrogens with one attached hydrogen (secondary N) is 1. The Morgan fingerprint density at radius 2 is 2.12 bits per heavy atom. The van der Waals surface area contributed by atoms with Gasteiger partial charge in [-0.25, -0.2) is 0 Å². The first-order chi connectivity index (χ1) is 8.15. The molecule has 5 heteroatoms. The third-order valence-electron chi connectivity index (χ3n) is 2.22. The van der Waals surface area contributed by atoms with Gasteiger partial charge in [-0.05, 0) is 20.3 Å². The van der Waals surface area contributed by atoms with Crippen LogP contribution in [0.5, 0.6) is 0 Å². The fourth-order valence-corrected chi connectivity index (χ4v) is 1.25. The zero-order chi connectivity index (χ0) is 13.1. The minimum absolute atomic E-state index is 0.249. The van der Waals surface area contributed by atoms with E-state index in [1.165, 1.54) is 0 Å². The van der Waals surface area contributed by atoms with Crippen molar-refractivity contribution < 1.29 is 14.3 Å². The van der Waals surface area contributed by atoms with Crippen molar-refractivity contribution >= 4 is 5.91 Å². The molecular formula is C12H22N2O3. The summed E-state index contributed by atoms with van der Waals surface area (Å²) in [6.45, 7) is 7.04. The Balaban J connectivity index is 3.84. The van der Waals surface area contributed by atoms with Crippen LogP contribution in [0.15, 0.2) is 0 Å². The number of hydrogen-bond donors (Lipinski definition) is 1. The highest BCUT2D eigenvalue weighted by Crippen LogP contribution is 1.98. The van der Waals surface area contributed by atoms with Gasteiger partial charge in [-0.1, -0.05) is 13.3 Å². The summed E-state index contributed by atoms with van der Waals surface area (Å²) in [4.78, 5) is 11.6. The van der Waals surface area contributed by atoms with Gasteiger partial charge in [0.05, 0.1) is 19.3 Å². The van der Waals surface area contributed by atoms with E-state index in [2.05, 4.69) is 11.4 Å². The highest BCUT2D eigenvalue weighted by atomic mass is 16.5. The van der Waals surface area contributed by atoms with Crippen LogP contribution in [0.3, 0.4) is 0 Å². The molecule has 0 saturated heterocycles. The molecule has 0 aliphatic carbocycles. The molecule has 0 fully saturated rings. The number of amides is 1. The van der Waals surface area contributed by atoms with Crippen LogP contribution in [-0.4, -0.2) is 37.9 Å². The van der Waals surface area contributed by atoms with Gasteiger partial charge >= 0.3 is 0 Å². The van der Waals surface area contributed by atoms with Gasteiger partial charge in [0.1, 0.15) is 12.1 Å². The van der Waals surface area contributed by atoms with E-state index in [0.29, 0.717) is 26.2 Å². The van der Waals surface area contributed by atoms with E-state index in [-0.39, 0.29) is 5.91 Å². The van der Waals surface area contributed by atoms with Crippen LogP contribution >= 0.6 is 0 Å². The number of ether oxygens (including phenoxy) is 2. The zero-order valence-corrected chi connectivity index (χ0v) is 10.9. The summed E-state index contributed by atoms with van der Waals surface area (Å²) in [6, 6.07) is 1.63. The van der Waals surface area contributed by atoms with Gasteiger partial charge in [-0.15, -0.1) is 0 Å². The first kappa shape index (κ1) is 15.9. The lowest BCUT2D eigenvalue weighted by Gasteiger charge is -2.16. The largest absolute Gasteiger partial charge is 0.379 e. The van der Waals surface area contributed by atoms with Crippen molar-refractivity contribution in [1.82, 2.24) is 5.32 Å². The Morgan fingerprint density at radius 1 is 1.41 bits per heavy atom. The summed E-state index contributed by atoms with van der Waals surface area (Å²) < 4.78 is 10.4. The number of hydrogen-bond acceptors (Lipinski definition) is 4. The molecule has 5 nitrogen and oxygen atoms in total. The number of nitrogens with zero attached hydrogens (tertiary/aromatic N) is 1. The maximum atomic E-state index is 11.6. The summed E-state index contributed by atoms with van der Waals surface area (Å²) in [6.07, 6.45) is 0.967. The summed E-state index contributed by atoms with van der Waals surface area (Å²) in [7, 11) is 0. The molecule has 0 rings (SSSR count). The van der Waals surface area contributed by atoms with Crippen LogP contribution in [0.4, 0.5) is 0 Å². The van der Waals surface area contributed by atoms with Crippen LogP contribution in [0.2, 0.25) is 0 Å². The lowest BCUT2D eigenvalue weighted by atomic mass is 10.2. The van der Waals surface area contributed by atoms with E-state index < -0.39 is 12.1 Å². The van der Waals surface area contributed by atoms with Crippen LogP contribution in [0, 0.1) is 11.3 Å². The average Bonchev–Trinajstić information content (AvgIpc) is 2.33. The van der Waals surface area contributed by atoms with Crippen molar-refractivity contribution in [3.05, 3.63) is 0 Å². The molecule has 0 unspecified atom stereocenters. The van der Waals surface area contributed by atoms with Gasteiger partial charge in [-0.3, -0.25) is 4.79 Å². The van der Waals surface area contributed by atoms with E-state index in [0.717, 1.165) is 6.42 Å². The molecule has 17 heavy (non-hydrogen) atoms. The Labute approximate surface area is 103 Å². The van der Waals surface area contributed by atoms with Gasteiger partial charge in [-0.2, -0.15) is 5.26 Å². The third kappa shape index (κ3) is 7.72. The van der Waals surface area contributed by atoms with Crippen LogP contribution in [-0.2, 0) is 14.3 Å². The summed E-state index contributed by atoms with van der Waals surface area (Å²) >= 11 is 0. The molecule has 98 valence electrons. The number of carbonyl (C=O) groups excluding carboxylic acids is 1. The second kappa shape index (κ2) is 10.1. The predicted molar refractivity (Wildman–Crippen MR) is 64.4 cm³/mol. The Kier molecular flexibility index (Phi) is 9.40. The van der Waals surface area contributed by atoms with E-state index >= 15 is 0 Å². The molecule has 0 aromatic heterocycles. The maximum absolute atomic E-state index is 11.6. The second-order valence-corrected chi connectivity index (χ2v) is 3.69. The van der Waals surface area contributed by atoms with Gasteiger partial charge in [0.15, 0.2) is 0 Å². The SMILES string of the molecule is CCC[C@@H](C#N)NC(=O)[C@@H](C)OCCOCC. The van der Waals surface area contributed by atoms with Crippen molar-refractivity contribution in [3.8, 4) is 6.07 Å². The van der Waals surface area contributed by atoms with Gasteiger partial charge in [0.25, 0.3) is 0 Å². The van der Waals surface area contributed by atoms with Crippen molar-refractivity contribution in [2.45, 2.75) is 45.8 Å². The fraction of sp³-hybridized carbons (Fsp3) is 0.833. The highest BCUT2D eigenvalue weighted by molar-refractivity contribution is 5.80. The standard InChI is InChI=1S/C12H22N2O3/c1-4-6-11(9-13)14-12(15)10(3)17-8-7-16-5-2/h10-11H,4-8H2,1-3H3,(H,14,15)/t10-,11+/m1/s1. The molecular weight excluding hydrogens is 220 g/mol. The van der Waals surface area contributed by atoms with Crippen molar-refractivity contribution in [1.29, 1.82) is 5.26 Å². The average molecular weight is 242 g/mol. The number of carbonyl (C=O) groups is 1. The first-order valence-corrected chi connectivity index (χ1v) is 6.05. The molecule has 0 heterocycles. The molecule has 0 radical (unpaired) electrons. The Morgan fingerprint density at radius 3 is 2.65 bits per heavy atom. The summed E-state index contributed by atoms with van der Waals surface area (Å²) in [5, 5.41) is 11.5. The molecule has 0 aliphatic rings. The molecule has 0 spiro atoms. The minimum Gasteiger partial charge on any atom is -0.379 e. The highest BCUT2D eigenvalue weighted by Gasteiger charge is 2.17. The zero-order valence-electron chi connectivity index (χ0n) is 10.9. The molecule has 0 aromatic carbocycles. The number of rotatable bonds is 9. The lowest BCUT2D eigenvalue weighted by Crippen LogP contribution is -2.41. The molecule has 2 atom stereocenters. The topological polar surface area (TPSA) is 71.4 Å². The quantitative estimate of drug-likeness (QED) is 0.617. The Bertz CT molecular complexity index is 251. The summed E-state index contributed by atoms with van der Waals surface area (Å²) in [5.41, 5.74) is 0. The van der Waals surface area contributed by atoms with E-state index in [1.807, 2.05) is 13.8 Å². The van der Waals surface area contributed by atoms with Crippen LogP contribution < -0.4 is 5.32 Å². The molecule has 0 aliphatic heterocycles. The summed E-state index contributed by atoms with van der Waals surface area (Å²) in [5.74, 6) is -0.249. The monoisotopic (exact) mass is 242 g/mol. The second-order valence-electron chi connectivity index (χ2n) is 3.69. The minimum atomic E-state index is -0.553. The molecule has 1 amide bonds. The van der Waals surface area contributed by atoms with Crippen molar-refractivity contribution in [3.63, 3.8) is 0 Å². The van der Waals surface area contributed by atoms with Gasteiger partial charge < -0.3 is 14.8 Å². The van der Waals surface area contributed by atoms with Gasteiger partial charge in [0, 0.05) is 6.61 Å². The van der Waals surface area contributed by atoms with E-state index in [9.17, 15) is 4.79 Å². The lowest BCUT2D eigenvalue weighted by molar-refractivity contribution is -0.133.